The molecule has 0 saturated heterocycles. The summed E-state index contributed by atoms with van der Waals surface area (Å²) in [4.78, 5) is 20.2. The lowest BCUT2D eigenvalue weighted by molar-refractivity contribution is 0.0978. The van der Waals surface area contributed by atoms with Crippen LogP contribution in [0.15, 0.2) is 63.9 Å². The van der Waals surface area contributed by atoms with Crippen LogP contribution in [0.5, 0.6) is 0 Å². The molecule has 0 aliphatic carbocycles. The molecule has 5 nitrogen and oxygen atoms in total. The molecule has 0 bridgehead atoms. The number of rotatable bonds is 2. The van der Waals surface area contributed by atoms with Crippen LogP contribution in [0, 0.1) is 0 Å². The number of carbonyl (C=O) groups is 1. The summed E-state index contributed by atoms with van der Waals surface area (Å²) in [6.07, 6.45) is 1.36. The Morgan fingerprint density at radius 3 is 2.75 bits per heavy atom. The van der Waals surface area contributed by atoms with E-state index in [4.69, 9.17) is 17.3 Å². The van der Waals surface area contributed by atoms with E-state index in [1.807, 2.05) is 6.07 Å². The summed E-state index contributed by atoms with van der Waals surface area (Å²) in [5, 5.41) is 3.56. The van der Waals surface area contributed by atoms with E-state index in [0.29, 0.717) is 21.5 Å². The summed E-state index contributed by atoms with van der Waals surface area (Å²) in [5.74, 6) is -0.260. The van der Waals surface area contributed by atoms with Gasteiger partial charge in [-0.15, -0.1) is 0 Å². The van der Waals surface area contributed by atoms with Gasteiger partial charge in [-0.25, -0.2) is 9.98 Å². The van der Waals surface area contributed by atoms with Crippen LogP contribution in [-0.2, 0) is 0 Å². The van der Waals surface area contributed by atoms with Crippen LogP contribution < -0.4 is 11.1 Å². The van der Waals surface area contributed by atoms with Gasteiger partial charge in [-0.3, -0.25) is 4.79 Å². The fourth-order valence-electron chi connectivity index (χ4n) is 1.45. The van der Waals surface area contributed by atoms with Crippen LogP contribution in [0.1, 0.15) is 10.4 Å². The molecule has 1 aromatic rings. The maximum Gasteiger partial charge on any atom is 0.257 e. The highest BCUT2D eigenvalue weighted by Crippen LogP contribution is 2.26. The van der Waals surface area contributed by atoms with Gasteiger partial charge in [-0.05, 0) is 23.9 Å². The van der Waals surface area contributed by atoms with Crippen molar-refractivity contribution in [2.45, 2.75) is 0 Å². The molecule has 20 heavy (non-hydrogen) atoms. The molecule has 1 aliphatic heterocycles. The van der Waals surface area contributed by atoms with Crippen molar-refractivity contribution in [2.75, 3.05) is 0 Å². The van der Waals surface area contributed by atoms with Crippen LogP contribution in [0.3, 0.4) is 0 Å². The lowest BCUT2D eigenvalue weighted by Crippen LogP contribution is -2.27. The molecule has 1 heterocycles. The van der Waals surface area contributed by atoms with E-state index in [1.165, 1.54) is 18.0 Å². The summed E-state index contributed by atoms with van der Waals surface area (Å²) in [6.45, 7) is 3.51. The first-order valence-electron chi connectivity index (χ1n) is 5.59. The number of halogens is 1. The zero-order chi connectivity index (χ0) is 14.5. The molecule has 1 aromatic carbocycles. The molecule has 0 aromatic heterocycles. The highest BCUT2D eigenvalue weighted by molar-refractivity contribution is 8.27. The SMILES string of the molecule is C=C/N=C1/SC(NC(=O)c2ccccc2)=N/C1=C(/N)Cl. The van der Waals surface area contributed by atoms with E-state index in [9.17, 15) is 4.79 Å². The number of thioether (sulfide) groups is 1. The smallest absolute Gasteiger partial charge is 0.257 e. The standard InChI is InChI=1S/C13H11ClN4OS/c1-2-16-12-9(10(14)15)17-13(20-12)18-11(19)8-6-4-3-5-7-8/h2-7H,1,15H2,(H,17,18,19)/b10-9+,16-12+. The second kappa shape index (κ2) is 6.40. The number of carbonyl (C=O) groups excluding carboxylic acids is 1. The van der Waals surface area contributed by atoms with Gasteiger partial charge in [0.2, 0.25) is 0 Å². The van der Waals surface area contributed by atoms with Gasteiger partial charge in [0.1, 0.15) is 15.9 Å². The Labute approximate surface area is 125 Å². The fourth-order valence-corrected chi connectivity index (χ4v) is 2.48. The second-order valence-corrected chi connectivity index (χ2v) is 5.04. The third kappa shape index (κ3) is 3.28. The third-order valence-corrected chi connectivity index (χ3v) is 3.36. The number of amides is 1. The Morgan fingerprint density at radius 1 is 1.45 bits per heavy atom. The lowest BCUT2D eigenvalue weighted by atomic mass is 10.2. The first kappa shape index (κ1) is 14.4. The van der Waals surface area contributed by atoms with Crippen molar-refractivity contribution in [2.24, 2.45) is 15.7 Å². The van der Waals surface area contributed by atoms with Crippen LogP contribution >= 0.6 is 23.4 Å². The topological polar surface area (TPSA) is 79.8 Å². The number of hydrogen-bond donors (Lipinski definition) is 2. The van der Waals surface area contributed by atoms with Crippen molar-refractivity contribution in [3.05, 3.63) is 59.5 Å². The summed E-state index contributed by atoms with van der Waals surface area (Å²) in [7, 11) is 0. The van der Waals surface area contributed by atoms with Crippen molar-refractivity contribution in [3.8, 4) is 0 Å². The van der Waals surface area contributed by atoms with Crippen molar-refractivity contribution in [3.63, 3.8) is 0 Å². The van der Waals surface area contributed by atoms with E-state index in [1.54, 1.807) is 24.3 Å². The zero-order valence-electron chi connectivity index (χ0n) is 10.3. The summed E-state index contributed by atoms with van der Waals surface area (Å²) in [6, 6.07) is 8.82. The van der Waals surface area contributed by atoms with Crippen LogP contribution in [0.4, 0.5) is 0 Å². The molecule has 0 spiro atoms. The molecule has 0 radical (unpaired) electrons. The van der Waals surface area contributed by atoms with Crippen LogP contribution in [0.25, 0.3) is 0 Å². The second-order valence-electron chi connectivity index (χ2n) is 3.65. The van der Waals surface area contributed by atoms with Crippen molar-refractivity contribution < 1.29 is 4.79 Å². The number of nitrogens with zero attached hydrogens (tertiary/aromatic N) is 2. The van der Waals surface area contributed by atoms with Crippen molar-refractivity contribution in [1.82, 2.24) is 5.32 Å². The van der Waals surface area contributed by atoms with Gasteiger partial charge in [0.25, 0.3) is 5.91 Å². The van der Waals surface area contributed by atoms with Gasteiger partial charge in [0, 0.05) is 11.8 Å². The lowest BCUT2D eigenvalue weighted by Gasteiger charge is -2.02. The summed E-state index contributed by atoms with van der Waals surface area (Å²) < 4.78 is 0. The molecular formula is C13H11ClN4OS. The van der Waals surface area contributed by atoms with E-state index < -0.39 is 0 Å². The molecule has 0 unspecified atom stereocenters. The number of hydrogen-bond acceptors (Lipinski definition) is 5. The van der Waals surface area contributed by atoms with Gasteiger partial charge in [-0.1, -0.05) is 36.4 Å². The van der Waals surface area contributed by atoms with Crippen molar-refractivity contribution in [1.29, 1.82) is 0 Å². The van der Waals surface area contributed by atoms with E-state index in [-0.39, 0.29) is 11.1 Å². The first-order chi connectivity index (χ1) is 9.61. The van der Waals surface area contributed by atoms with Crippen molar-refractivity contribution >= 4 is 39.5 Å². The highest BCUT2D eigenvalue weighted by atomic mass is 35.5. The minimum absolute atomic E-state index is 0.0158. The van der Waals surface area contributed by atoms with Gasteiger partial charge < -0.3 is 11.1 Å². The maximum absolute atomic E-state index is 12.0. The molecule has 0 atom stereocenters. The Morgan fingerprint density at radius 2 is 2.15 bits per heavy atom. The van der Waals surface area contributed by atoms with Gasteiger partial charge in [0.05, 0.1) is 0 Å². The summed E-state index contributed by atoms with van der Waals surface area (Å²) in [5.41, 5.74) is 6.39. The Hall–Kier alpha value is -2.05. The number of aliphatic imine (C=N–C) groups is 2. The number of nitrogens with one attached hydrogen (secondary N) is 1. The maximum atomic E-state index is 12.0. The number of benzene rings is 1. The highest BCUT2D eigenvalue weighted by Gasteiger charge is 2.23. The predicted molar refractivity (Wildman–Crippen MR) is 83.6 cm³/mol. The Balaban J connectivity index is 2.18. The minimum Gasteiger partial charge on any atom is -0.388 e. The normalized spacial score (nSPS) is 18.6. The van der Waals surface area contributed by atoms with Gasteiger partial charge in [0.15, 0.2) is 5.17 Å². The fraction of sp³-hybridized carbons (Fsp3) is 0. The number of nitrogens with two attached hydrogens (primary N) is 1. The predicted octanol–water partition coefficient (Wildman–Crippen LogP) is 2.43. The Kier molecular flexibility index (Phi) is 4.60. The van der Waals surface area contributed by atoms with E-state index >= 15 is 0 Å². The van der Waals surface area contributed by atoms with Crippen LogP contribution in [-0.4, -0.2) is 16.1 Å². The molecule has 1 aliphatic rings. The molecular weight excluding hydrogens is 296 g/mol. The molecule has 2 rings (SSSR count). The van der Waals surface area contributed by atoms with Crippen LogP contribution in [0.2, 0.25) is 0 Å². The average molecular weight is 307 g/mol. The molecule has 0 fully saturated rings. The minimum atomic E-state index is -0.260. The third-order valence-electron chi connectivity index (χ3n) is 2.30. The number of amidine groups is 1. The first-order valence-corrected chi connectivity index (χ1v) is 6.78. The Bertz CT molecular complexity index is 633. The molecule has 102 valence electrons. The molecule has 1 amide bonds. The zero-order valence-corrected chi connectivity index (χ0v) is 11.9. The van der Waals surface area contributed by atoms with Gasteiger partial charge in [-0.2, -0.15) is 0 Å². The molecule has 0 saturated carbocycles. The average Bonchev–Trinajstić information content (AvgIpc) is 2.83. The largest absolute Gasteiger partial charge is 0.388 e. The van der Waals surface area contributed by atoms with E-state index in [0.717, 1.165) is 0 Å². The molecule has 7 heteroatoms. The monoisotopic (exact) mass is 306 g/mol. The quantitative estimate of drug-likeness (QED) is 0.824. The van der Waals surface area contributed by atoms with E-state index in [2.05, 4.69) is 21.9 Å². The van der Waals surface area contributed by atoms with Gasteiger partial charge >= 0.3 is 0 Å². The molecule has 3 N–H and O–H groups in total. The summed E-state index contributed by atoms with van der Waals surface area (Å²) >= 11 is 6.91.